The van der Waals surface area contributed by atoms with Gasteiger partial charge < -0.3 is 9.32 Å². The van der Waals surface area contributed by atoms with E-state index in [-0.39, 0.29) is 29.9 Å². The molecule has 0 unspecified atom stereocenters. The van der Waals surface area contributed by atoms with Crippen molar-refractivity contribution >= 4 is 17.7 Å². The molecule has 0 saturated heterocycles. The molecule has 28 heavy (non-hydrogen) atoms. The number of aromatic nitrogens is 2. The summed E-state index contributed by atoms with van der Waals surface area (Å²) < 4.78 is 6.03. The monoisotopic (exact) mass is 399 g/mol. The lowest BCUT2D eigenvalue weighted by Gasteiger charge is -2.55. The minimum absolute atomic E-state index is 0.0657. The number of nitriles is 2. The standard InChI is InChI=1S/C20H25N5O2S/c21-3-1-5-25(6-2-4-22)17(26)13-28-19-24-23-18(27-19)20-10-14-7-15(11-20)9-16(8-14)12-20/h14-16H,1-2,5-13H2. The van der Waals surface area contributed by atoms with E-state index in [1.807, 2.05) is 12.1 Å². The predicted molar refractivity (Wildman–Crippen MR) is 102 cm³/mol. The summed E-state index contributed by atoms with van der Waals surface area (Å²) in [6.45, 7) is 0.694. The van der Waals surface area contributed by atoms with E-state index >= 15 is 0 Å². The second kappa shape index (κ2) is 8.13. The van der Waals surface area contributed by atoms with E-state index < -0.39 is 0 Å². The van der Waals surface area contributed by atoms with Crippen LogP contribution in [0.15, 0.2) is 9.64 Å². The number of hydrogen-bond acceptors (Lipinski definition) is 7. The van der Waals surface area contributed by atoms with Gasteiger partial charge in [0.15, 0.2) is 0 Å². The highest BCUT2D eigenvalue weighted by atomic mass is 32.2. The lowest BCUT2D eigenvalue weighted by Crippen LogP contribution is -2.48. The first kappa shape index (κ1) is 19.3. The van der Waals surface area contributed by atoms with Crippen molar-refractivity contribution < 1.29 is 9.21 Å². The van der Waals surface area contributed by atoms with Crippen LogP contribution in [-0.4, -0.2) is 39.8 Å². The Kier molecular flexibility index (Phi) is 5.59. The summed E-state index contributed by atoms with van der Waals surface area (Å²) in [4.78, 5) is 14.0. The maximum Gasteiger partial charge on any atom is 0.277 e. The van der Waals surface area contributed by atoms with Crippen LogP contribution in [0.4, 0.5) is 0 Å². The van der Waals surface area contributed by atoms with E-state index in [1.54, 1.807) is 4.90 Å². The number of carbonyl (C=O) groups excluding carboxylic acids is 1. The van der Waals surface area contributed by atoms with E-state index in [9.17, 15) is 4.79 Å². The molecule has 7 nitrogen and oxygen atoms in total. The van der Waals surface area contributed by atoms with Gasteiger partial charge in [-0.1, -0.05) is 11.8 Å². The van der Waals surface area contributed by atoms with Crippen LogP contribution in [0.5, 0.6) is 0 Å². The van der Waals surface area contributed by atoms with Crippen LogP contribution in [0.25, 0.3) is 0 Å². The maximum atomic E-state index is 12.5. The predicted octanol–water partition coefficient (Wildman–Crippen LogP) is 3.29. The van der Waals surface area contributed by atoms with Gasteiger partial charge in [-0.2, -0.15) is 10.5 Å². The molecule has 1 amide bonds. The Hall–Kier alpha value is -2.06. The fraction of sp³-hybridized carbons (Fsp3) is 0.750. The minimum atomic E-state index is -0.106. The zero-order valence-electron chi connectivity index (χ0n) is 16.0. The summed E-state index contributed by atoms with van der Waals surface area (Å²) in [7, 11) is 0. The molecular weight excluding hydrogens is 374 g/mol. The molecule has 148 valence electrons. The minimum Gasteiger partial charge on any atom is -0.415 e. The zero-order valence-corrected chi connectivity index (χ0v) is 16.8. The van der Waals surface area contributed by atoms with Gasteiger partial charge in [-0.3, -0.25) is 4.79 Å². The third kappa shape index (κ3) is 3.89. The molecule has 0 aliphatic heterocycles. The van der Waals surface area contributed by atoms with Gasteiger partial charge >= 0.3 is 0 Å². The van der Waals surface area contributed by atoms with Crippen molar-refractivity contribution in [2.75, 3.05) is 18.8 Å². The van der Waals surface area contributed by atoms with Crippen LogP contribution in [0, 0.1) is 40.4 Å². The van der Waals surface area contributed by atoms with Gasteiger partial charge in [0.25, 0.3) is 5.22 Å². The van der Waals surface area contributed by atoms with Crippen molar-refractivity contribution in [1.82, 2.24) is 15.1 Å². The average Bonchev–Trinajstić information content (AvgIpc) is 3.15. The fourth-order valence-electron chi connectivity index (χ4n) is 5.80. The van der Waals surface area contributed by atoms with E-state index in [2.05, 4.69) is 10.2 Å². The molecule has 1 heterocycles. The zero-order chi connectivity index (χ0) is 19.6. The first-order valence-corrected chi connectivity index (χ1v) is 11.1. The van der Waals surface area contributed by atoms with Crippen molar-refractivity contribution in [3.8, 4) is 12.1 Å². The summed E-state index contributed by atoms with van der Waals surface area (Å²) in [6, 6.07) is 4.09. The summed E-state index contributed by atoms with van der Waals surface area (Å²) in [5, 5.41) is 26.5. The normalized spacial score (nSPS) is 30.0. The quantitative estimate of drug-likeness (QED) is 0.617. The maximum absolute atomic E-state index is 12.5. The number of rotatable bonds is 8. The third-order valence-electron chi connectivity index (χ3n) is 6.56. The molecule has 1 aromatic heterocycles. The lowest BCUT2D eigenvalue weighted by molar-refractivity contribution is -0.128. The van der Waals surface area contributed by atoms with Crippen molar-refractivity contribution in [1.29, 1.82) is 10.5 Å². The Morgan fingerprint density at radius 1 is 1.07 bits per heavy atom. The molecule has 4 saturated carbocycles. The van der Waals surface area contributed by atoms with Gasteiger partial charge in [-0.25, -0.2) is 0 Å². The van der Waals surface area contributed by atoms with Gasteiger partial charge in [0.1, 0.15) is 0 Å². The first-order chi connectivity index (χ1) is 13.6. The largest absolute Gasteiger partial charge is 0.415 e. The smallest absolute Gasteiger partial charge is 0.277 e. The Bertz CT molecular complexity index is 755. The average molecular weight is 400 g/mol. The molecule has 4 aliphatic carbocycles. The SMILES string of the molecule is N#CCCN(CCC#N)C(=O)CSc1nnc(C23CC4CC(CC(C4)C2)C3)o1. The third-order valence-corrected chi connectivity index (χ3v) is 7.36. The fourth-order valence-corrected chi connectivity index (χ4v) is 6.47. The van der Waals surface area contributed by atoms with Crippen LogP contribution in [0.3, 0.4) is 0 Å². The molecule has 0 radical (unpaired) electrons. The van der Waals surface area contributed by atoms with Gasteiger partial charge in [0.05, 0.1) is 30.7 Å². The van der Waals surface area contributed by atoms with E-state index in [1.165, 1.54) is 50.3 Å². The van der Waals surface area contributed by atoms with E-state index in [0.29, 0.717) is 18.3 Å². The van der Waals surface area contributed by atoms with Crippen molar-refractivity contribution in [3.05, 3.63) is 5.89 Å². The highest BCUT2D eigenvalue weighted by Gasteiger charge is 2.54. The molecule has 0 aromatic carbocycles. The Balaban J connectivity index is 1.37. The highest BCUT2D eigenvalue weighted by molar-refractivity contribution is 7.99. The molecule has 0 spiro atoms. The molecule has 4 fully saturated rings. The molecule has 0 atom stereocenters. The Morgan fingerprint density at radius 2 is 1.64 bits per heavy atom. The molecule has 4 bridgehead atoms. The van der Waals surface area contributed by atoms with Gasteiger partial charge in [-0.05, 0) is 56.3 Å². The van der Waals surface area contributed by atoms with Gasteiger partial charge in [-0.15, -0.1) is 10.2 Å². The summed E-state index contributed by atoms with van der Waals surface area (Å²) in [6.07, 6.45) is 8.12. The van der Waals surface area contributed by atoms with E-state index in [4.69, 9.17) is 14.9 Å². The molecule has 8 heteroatoms. The molecule has 4 aliphatic rings. The van der Waals surface area contributed by atoms with Crippen LogP contribution in [-0.2, 0) is 10.2 Å². The highest BCUT2D eigenvalue weighted by Crippen LogP contribution is 2.60. The molecule has 0 N–H and O–H groups in total. The first-order valence-electron chi connectivity index (χ1n) is 10.1. The number of hydrogen-bond donors (Lipinski definition) is 0. The van der Waals surface area contributed by atoms with Crippen molar-refractivity contribution in [2.24, 2.45) is 17.8 Å². The topological polar surface area (TPSA) is 107 Å². The number of nitrogens with zero attached hydrogens (tertiary/aromatic N) is 5. The van der Waals surface area contributed by atoms with Gasteiger partial charge in [0.2, 0.25) is 11.8 Å². The summed E-state index contributed by atoms with van der Waals surface area (Å²) >= 11 is 1.25. The second-order valence-electron chi connectivity index (χ2n) is 8.56. The van der Waals surface area contributed by atoms with Crippen LogP contribution in [0.2, 0.25) is 0 Å². The van der Waals surface area contributed by atoms with Crippen LogP contribution < -0.4 is 0 Å². The molecular formula is C20H25N5O2S. The number of thioether (sulfide) groups is 1. The van der Waals surface area contributed by atoms with Crippen LogP contribution >= 0.6 is 11.8 Å². The van der Waals surface area contributed by atoms with Gasteiger partial charge in [0, 0.05) is 18.5 Å². The van der Waals surface area contributed by atoms with Crippen molar-refractivity contribution in [2.45, 2.75) is 62.0 Å². The van der Waals surface area contributed by atoms with E-state index in [0.717, 1.165) is 23.6 Å². The number of amides is 1. The second-order valence-corrected chi connectivity index (χ2v) is 9.48. The van der Waals surface area contributed by atoms with Crippen LogP contribution in [0.1, 0.15) is 57.3 Å². The summed E-state index contributed by atoms with van der Waals surface area (Å²) in [5.41, 5.74) is 0.0657. The molecule has 1 aromatic rings. The Morgan fingerprint density at radius 3 is 2.18 bits per heavy atom. The summed E-state index contributed by atoms with van der Waals surface area (Å²) in [5.74, 6) is 3.27. The molecule has 5 rings (SSSR count). The number of carbonyl (C=O) groups is 1. The van der Waals surface area contributed by atoms with Crippen molar-refractivity contribution in [3.63, 3.8) is 0 Å². The lowest BCUT2D eigenvalue weighted by atomic mass is 9.49. The Labute approximate surface area is 169 Å².